The Morgan fingerprint density at radius 2 is 1.94 bits per heavy atom. The Morgan fingerprint density at radius 1 is 1.31 bits per heavy atom. The molecule has 0 bridgehead atoms. The number of aromatic hydroxyl groups is 1. The summed E-state index contributed by atoms with van der Waals surface area (Å²) in [6, 6.07) is 3.31. The average molecular weight is 219 g/mol. The number of fused-ring (bicyclic) bond motifs is 1. The third-order valence-electron chi connectivity index (χ3n) is 3.03. The standard InChI is InChI=1S/C12H13NO3/c1-6-4-5-8(14)11-9(6)10(12(15)16)7(2)13(11)3/h4-5,14H,1-3H3,(H,15,16). The highest BCUT2D eigenvalue weighted by atomic mass is 16.4. The van der Waals surface area contributed by atoms with Crippen molar-refractivity contribution in [1.29, 1.82) is 0 Å². The number of carbonyl (C=O) groups is 1. The minimum atomic E-state index is -0.961. The summed E-state index contributed by atoms with van der Waals surface area (Å²) in [5, 5.41) is 19.6. The van der Waals surface area contributed by atoms with Crippen molar-refractivity contribution in [2.75, 3.05) is 0 Å². The molecule has 2 aromatic rings. The van der Waals surface area contributed by atoms with E-state index in [0.29, 0.717) is 16.6 Å². The van der Waals surface area contributed by atoms with Crippen molar-refractivity contribution in [2.45, 2.75) is 13.8 Å². The Labute approximate surface area is 92.7 Å². The van der Waals surface area contributed by atoms with Crippen LogP contribution in [0.1, 0.15) is 21.6 Å². The van der Waals surface area contributed by atoms with Crippen molar-refractivity contribution in [3.63, 3.8) is 0 Å². The molecule has 0 aliphatic rings. The summed E-state index contributed by atoms with van der Waals surface area (Å²) >= 11 is 0. The van der Waals surface area contributed by atoms with Gasteiger partial charge in [-0.3, -0.25) is 0 Å². The highest BCUT2D eigenvalue weighted by Crippen LogP contribution is 2.33. The van der Waals surface area contributed by atoms with Crippen LogP contribution in [0.4, 0.5) is 0 Å². The summed E-state index contributed by atoms with van der Waals surface area (Å²) < 4.78 is 1.71. The van der Waals surface area contributed by atoms with Gasteiger partial charge in [-0.15, -0.1) is 0 Å². The number of aromatic carboxylic acids is 1. The Balaban J connectivity index is 3.08. The molecular formula is C12H13NO3. The van der Waals surface area contributed by atoms with E-state index < -0.39 is 5.97 Å². The summed E-state index contributed by atoms with van der Waals surface area (Å²) in [5.41, 5.74) is 2.35. The Hall–Kier alpha value is -1.97. The first-order chi connectivity index (χ1) is 7.45. The van der Waals surface area contributed by atoms with E-state index in [1.165, 1.54) is 0 Å². The van der Waals surface area contributed by atoms with E-state index in [4.69, 9.17) is 0 Å². The number of phenols is 1. The third-order valence-corrected chi connectivity index (χ3v) is 3.03. The summed E-state index contributed by atoms with van der Waals surface area (Å²) in [4.78, 5) is 11.2. The SMILES string of the molecule is Cc1ccc(O)c2c1c(C(=O)O)c(C)n2C. The van der Waals surface area contributed by atoms with Gasteiger partial charge in [-0.2, -0.15) is 0 Å². The largest absolute Gasteiger partial charge is 0.506 e. The Morgan fingerprint density at radius 3 is 2.50 bits per heavy atom. The maximum absolute atomic E-state index is 11.2. The number of carboxylic acids is 1. The van der Waals surface area contributed by atoms with Crippen LogP contribution in [-0.4, -0.2) is 20.7 Å². The van der Waals surface area contributed by atoms with E-state index in [0.717, 1.165) is 5.56 Å². The lowest BCUT2D eigenvalue weighted by Gasteiger charge is -2.02. The lowest BCUT2D eigenvalue weighted by Crippen LogP contribution is -1.99. The van der Waals surface area contributed by atoms with Gasteiger partial charge in [0, 0.05) is 18.1 Å². The van der Waals surface area contributed by atoms with Gasteiger partial charge in [0.2, 0.25) is 0 Å². The van der Waals surface area contributed by atoms with Crippen LogP contribution in [0, 0.1) is 13.8 Å². The maximum Gasteiger partial charge on any atom is 0.338 e. The van der Waals surface area contributed by atoms with Crippen LogP contribution < -0.4 is 0 Å². The number of aromatic nitrogens is 1. The summed E-state index contributed by atoms with van der Waals surface area (Å²) in [7, 11) is 1.75. The van der Waals surface area contributed by atoms with Crippen LogP contribution in [0.25, 0.3) is 10.9 Å². The predicted octanol–water partition coefficient (Wildman–Crippen LogP) is 2.20. The van der Waals surface area contributed by atoms with Crippen LogP contribution >= 0.6 is 0 Å². The van der Waals surface area contributed by atoms with Crippen molar-refractivity contribution in [3.05, 3.63) is 29.0 Å². The summed E-state index contributed by atoms with van der Waals surface area (Å²) in [6.07, 6.45) is 0. The zero-order valence-electron chi connectivity index (χ0n) is 9.40. The molecule has 0 unspecified atom stereocenters. The molecule has 0 fully saturated rings. The van der Waals surface area contributed by atoms with Crippen molar-refractivity contribution < 1.29 is 15.0 Å². The van der Waals surface area contributed by atoms with E-state index in [-0.39, 0.29) is 11.3 Å². The Bertz CT molecular complexity index is 596. The molecule has 4 heteroatoms. The molecule has 2 N–H and O–H groups in total. The van der Waals surface area contributed by atoms with Crippen molar-refractivity contribution in [2.24, 2.45) is 7.05 Å². The second-order valence-corrected chi connectivity index (χ2v) is 3.95. The molecule has 0 saturated carbocycles. The zero-order chi connectivity index (χ0) is 12.0. The van der Waals surface area contributed by atoms with Crippen molar-refractivity contribution >= 4 is 16.9 Å². The topological polar surface area (TPSA) is 62.5 Å². The van der Waals surface area contributed by atoms with Gasteiger partial charge < -0.3 is 14.8 Å². The number of rotatable bonds is 1. The highest BCUT2D eigenvalue weighted by Gasteiger charge is 2.21. The van der Waals surface area contributed by atoms with Gasteiger partial charge >= 0.3 is 5.97 Å². The minimum Gasteiger partial charge on any atom is -0.506 e. The monoisotopic (exact) mass is 219 g/mol. The molecule has 0 amide bonds. The van der Waals surface area contributed by atoms with E-state index in [1.54, 1.807) is 30.7 Å². The number of phenolic OH excluding ortho intramolecular Hbond substituents is 1. The summed E-state index contributed by atoms with van der Waals surface area (Å²) in [6.45, 7) is 3.58. The van der Waals surface area contributed by atoms with Gasteiger partial charge in [0.15, 0.2) is 0 Å². The predicted molar refractivity (Wildman–Crippen MR) is 61.0 cm³/mol. The first kappa shape index (κ1) is 10.5. The molecule has 16 heavy (non-hydrogen) atoms. The van der Waals surface area contributed by atoms with Crippen LogP contribution in [0.5, 0.6) is 5.75 Å². The number of hydrogen-bond donors (Lipinski definition) is 2. The molecule has 0 saturated heterocycles. The van der Waals surface area contributed by atoms with Crippen molar-refractivity contribution in [3.8, 4) is 5.75 Å². The first-order valence-corrected chi connectivity index (χ1v) is 4.96. The molecule has 0 aliphatic heterocycles. The molecule has 0 spiro atoms. The molecule has 1 heterocycles. The fourth-order valence-corrected chi connectivity index (χ4v) is 2.11. The second-order valence-electron chi connectivity index (χ2n) is 3.95. The van der Waals surface area contributed by atoms with Crippen LogP contribution in [0.2, 0.25) is 0 Å². The van der Waals surface area contributed by atoms with Gasteiger partial charge in [-0.1, -0.05) is 6.07 Å². The molecule has 0 atom stereocenters. The molecule has 1 aromatic heterocycles. The molecule has 4 nitrogen and oxygen atoms in total. The van der Waals surface area contributed by atoms with Gasteiger partial charge in [-0.25, -0.2) is 4.79 Å². The number of carboxylic acid groups (broad SMARTS) is 1. The zero-order valence-corrected chi connectivity index (χ0v) is 9.40. The minimum absolute atomic E-state index is 0.110. The summed E-state index contributed by atoms with van der Waals surface area (Å²) in [5.74, 6) is -0.851. The number of benzene rings is 1. The van der Waals surface area contributed by atoms with E-state index in [9.17, 15) is 15.0 Å². The fourth-order valence-electron chi connectivity index (χ4n) is 2.11. The van der Waals surface area contributed by atoms with Crippen LogP contribution in [0.3, 0.4) is 0 Å². The third kappa shape index (κ3) is 1.19. The number of aryl methyl sites for hydroxylation is 2. The molecule has 2 rings (SSSR count). The lowest BCUT2D eigenvalue weighted by atomic mass is 10.1. The molecular weight excluding hydrogens is 206 g/mol. The van der Waals surface area contributed by atoms with Gasteiger partial charge in [0.1, 0.15) is 5.75 Å². The normalized spacial score (nSPS) is 10.9. The lowest BCUT2D eigenvalue weighted by molar-refractivity contribution is 0.0698. The molecule has 0 aliphatic carbocycles. The molecule has 0 radical (unpaired) electrons. The van der Waals surface area contributed by atoms with E-state index in [1.807, 2.05) is 6.92 Å². The van der Waals surface area contributed by atoms with Crippen molar-refractivity contribution in [1.82, 2.24) is 4.57 Å². The van der Waals surface area contributed by atoms with Gasteiger partial charge in [0.25, 0.3) is 0 Å². The van der Waals surface area contributed by atoms with E-state index >= 15 is 0 Å². The first-order valence-electron chi connectivity index (χ1n) is 4.96. The second kappa shape index (κ2) is 3.27. The smallest absolute Gasteiger partial charge is 0.338 e. The Kier molecular flexibility index (Phi) is 2.15. The molecule has 84 valence electrons. The van der Waals surface area contributed by atoms with Gasteiger partial charge in [-0.05, 0) is 25.5 Å². The van der Waals surface area contributed by atoms with Crippen LogP contribution in [0.15, 0.2) is 12.1 Å². The van der Waals surface area contributed by atoms with Gasteiger partial charge in [0.05, 0.1) is 11.1 Å². The van der Waals surface area contributed by atoms with E-state index in [2.05, 4.69) is 0 Å². The fraction of sp³-hybridized carbons (Fsp3) is 0.250. The number of nitrogens with zero attached hydrogens (tertiary/aromatic N) is 1. The average Bonchev–Trinajstić information content (AvgIpc) is 2.47. The quantitative estimate of drug-likeness (QED) is 0.772. The highest BCUT2D eigenvalue weighted by molar-refractivity contribution is 6.07. The maximum atomic E-state index is 11.2. The molecule has 1 aromatic carbocycles. The van der Waals surface area contributed by atoms with Crippen LogP contribution in [-0.2, 0) is 7.05 Å². The number of hydrogen-bond acceptors (Lipinski definition) is 2.